The molecule has 1 aromatic heterocycles. The summed E-state index contributed by atoms with van der Waals surface area (Å²) in [5.41, 5.74) is 1.31. The molecule has 0 bridgehead atoms. The quantitative estimate of drug-likeness (QED) is 0.762. The Hall–Kier alpha value is -1.81. The van der Waals surface area contributed by atoms with E-state index >= 15 is 0 Å². The smallest absolute Gasteiger partial charge is 0.135 e. The first-order valence-corrected chi connectivity index (χ1v) is 8.80. The summed E-state index contributed by atoms with van der Waals surface area (Å²) in [4.78, 5) is 11.9. The van der Waals surface area contributed by atoms with Gasteiger partial charge in [0.05, 0.1) is 7.11 Å². The van der Waals surface area contributed by atoms with E-state index in [1.807, 2.05) is 45.9 Å². The van der Waals surface area contributed by atoms with Gasteiger partial charge in [-0.25, -0.2) is 0 Å². The molecule has 0 atom stereocenters. The molecule has 0 saturated carbocycles. The third-order valence-corrected chi connectivity index (χ3v) is 5.10. The number of ether oxygens (including phenoxy) is 1. The third-order valence-electron chi connectivity index (χ3n) is 5.10. The van der Waals surface area contributed by atoms with Gasteiger partial charge < -0.3 is 14.3 Å². The number of carbonyl (C=O) groups is 1. The number of Topliss-reactive ketones (excluding diaryl/α,β-unsaturated/α-hetero) is 1. The van der Waals surface area contributed by atoms with E-state index in [0.717, 1.165) is 40.9 Å². The summed E-state index contributed by atoms with van der Waals surface area (Å²) in [7, 11) is 1.65. The second-order valence-corrected chi connectivity index (χ2v) is 8.31. The van der Waals surface area contributed by atoms with E-state index in [-0.39, 0.29) is 23.2 Å². The predicted octanol–water partition coefficient (Wildman–Crippen LogP) is 4.55. The van der Waals surface area contributed by atoms with E-state index in [9.17, 15) is 9.90 Å². The van der Waals surface area contributed by atoms with Crippen LogP contribution in [0.3, 0.4) is 0 Å². The SMILES string of the molecule is COc1ccc2oc(CC(C)(C)CO)c(CCC(C)(C)C(C)=O)c2c1. The molecule has 0 amide bonds. The van der Waals surface area contributed by atoms with Gasteiger partial charge in [0.1, 0.15) is 22.9 Å². The predicted molar refractivity (Wildman–Crippen MR) is 100 cm³/mol. The Morgan fingerprint density at radius 2 is 1.92 bits per heavy atom. The van der Waals surface area contributed by atoms with E-state index in [4.69, 9.17) is 9.15 Å². The van der Waals surface area contributed by atoms with Crippen LogP contribution in [0.25, 0.3) is 11.0 Å². The fourth-order valence-electron chi connectivity index (χ4n) is 2.83. The monoisotopic (exact) mass is 346 g/mol. The number of hydrogen-bond donors (Lipinski definition) is 1. The fraction of sp³-hybridized carbons (Fsp3) is 0.571. The number of aliphatic hydroxyl groups is 1. The highest BCUT2D eigenvalue weighted by Crippen LogP contribution is 2.36. The lowest BCUT2D eigenvalue weighted by Gasteiger charge is -2.23. The van der Waals surface area contributed by atoms with Gasteiger partial charge in [-0.05, 0) is 43.4 Å². The molecule has 0 aliphatic rings. The normalized spacial score (nSPS) is 12.6. The number of aliphatic hydroxyl groups excluding tert-OH is 1. The molecule has 0 fully saturated rings. The maximum Gasteiger partial charge on any atom is 0.135 e. The first-order valence-electron chi connectivity index (χ1n) is 8.80. The van der Waals surface area contributed by atoms with E-state index in [0.29, 0.717) is 6.42 Å². The van der Waals surface area contributed by atoms with Crippen LogP contribution in [-0.4, -0.2) is 24.6 Å². The number of methoxy groups -OCH3 is 1. The molecule has 2 aromatic rings. The van der Waals surface area contributed by atoms with Crippen LogP contribution in [0, 0.1) is 10.8 Å². The maximum absolute atomic E-state index is 11.9. The second-order valence-electron chi connectivity index (χ2n) is 8.31. The van der Waals surface area contributed by atoms with Crippen molar-refractivity contribution in [2.75, 3.05) is 13.7 Å². The number of benzene rings is 1. The summed E-state index contributed by atoms with van der Waals surface area (Å²) in [5.74, 6) is 1.87. The summed E-state index contributed by atoms with van der Waals surface area (Å²) in [6.45, 7) is 9.73. The summed E-state index contributed by atoms with van der Waals surface area (Å²) in [6.07, 6.45) is 2.15. The first kappa shape index (κ1) is 19.5. The molecule has 0 spiro atoms. The van der Waals surface area contributed by atoms with Gasteiger partial charge in [-0.3, -0.25) is 4.79 Å². The van der Waals surface area contributed by atoms with E-state index in [1.165, 1.54) is 0 Å². The Labute approximate surface area is 150 Å². The molecule has 25 heavy (non-hydrogen) atoms. The fourth-order valence-corrected chi connectivity index (χ4v) is 2.83. The molecule has 0 radical (unpaired) electrons. The molecule has 1 N–H and O–H groups in total. The lowest BCUT2D eigenvalue weighted by atomic mass is 9.81. The number of ketones is 1. The molecule has 138 valence electrons. The number of fused-ring (bicyclic) bond motifs is 1. The maximum atomic E-state index is 11.9. The van der Waals surface area contributed by atoms with Gasteiger partial charge in [0, 0.05) is 29.4 Å². The van der Waals surface area contributed by atoms with Gasteiger partial charge in [-0.15, -0.1) is 0 Å². The van der Waals surface area contributed by atoms with Gasteiger partial charge in [0.25, 0.3) is 0 Å². The zero-order chi connectivity index (χ0) is 18.8. The topological polar surface area (TPSA) is 59.7 Å². The molecule has 2 rings (SSSR count). The minimum absolute atomic E-state index is 0.0890. The molecule has 4 nitrogen and oxygen atoms in total. The summed E-state index contributed by atoms with van der Waals surface area (Å²) in [5, 5.41) is 10.7. The van der Waals surface area contributed by atoms with E-state index in [2.05, 4.69) is 0 Å². The zero-order valence-corrected chi connectivity index (χ0v) is 16.2. The highest BCUT2D eigenvalue weighted by molar-refractivity contribution is 5.84. The molecular formula is C21H30O4. The molecule has 1 aromatic carbocycles. The summed E-state index contributed by atoms with van der Waals surface area (Å²) < 4.78 is 11.5. The van der Waals surface area contributed by atoms with Crippen molar-refractivity contribution in [1.82, 2.24) is 0 Å². The second kappa shape index (κ2) is 7.20. The lowest BCUT2D eigenvalue weighted by Crippen LogP contribution is -2.23. The minimum Gasteiger partial charge on any atom is -0.497 e. The van der Waals surface area contributed by atoms with Crippen molar-refractivity contribution in [3.63, 3.8) is 0 Å². The highest BCUT2D eigenvalue weighted by Gasteiger charge is 2.27. The Bertz CT molecular complexity index is 753. The Morgan fingerprint density at radius 3 is 2.48 bits per heavy atom. The molecule has 4 heteroatoms. The third kappa shape index (κ3) is 4.43. The Morgan fingerprint density at radius 1 is 1.24 bits per heavy atom. The van der Waals surface area contributed by atoms with Gasteiger partial charge in [0.15, 0.2) is 0 Å². The van der Waals surface area contributed by atoms with Gasteiger partial charge in [-0.1, -0.05) is 27.7 Å². The lowest BCUT2D eigenvalue weighted by molar-refractivity contribution is -0.125. The molecular weight excluding hydrogens is 316 g/mol. The van der Waals surface area contributed by atoms with Crippen molar-refractivity contribution in [2.24, 2.45) is 10.8 Å². The van der Waals surface area contributed by atoms with Gasteiger partial charge >= 0.3 is 0 Å². The van der Waals surface area contributed by atoms with Crippen LogP contribution in [0.15, 0.2) is 22.6 Å². The molecule has 0 saturated heterocycles. The largest absolute Gasteiger partial charge is 0.497 e. The van der Waals surface area contributed by atoms with Crippen molar-refractivity contribution in [2.45, 2.75) is 53.9 Å². The standard InChI is InChI=1S/C21H30O4/c1-14(23)21(4,5)10-9-16-17-11-15(24-6)7-8-18(17)25-19(16)12-20(2,3)13-22/h7-8,11,22H,9-10,12-13H2,1-6H3. The molecule has 0 aliphatic heterocycles. The Kier molecular flexibility index (Phi) is 5.62. The number of carbonyl (C=O) groups excluding carboxylic acids is 1. The number of rotatable bonds is 8. The van der Waals surface area contributed by atoms with Crippen LogP contribution in [0.5, 0.6) is 5.75 Å². The highest BCUT2D eigenvalue weighted by atomic mass is 16.5. The summed E-state index contributed by atoms with van der Waals surface area (Å²) >= 11 is 0. The Balaban J connectivity index is 2.46. The van der Waals surface area contributed by atoms with Crippen LogP contribution in [0.4, 0.5) is 0 Å². The van der Waals surface area contributed by atoms with Crippen LogP contribution in [0.1, 0.15) is 52.4 Å². The van der Waals surface area contributed by atoms with Crippen molar-refractivity contribution in [3.05, 3.63) is 29.5 Å². The van der Waals surface area contributed by atoms with Crippen molar-refractivity contribution >= 4 is 16.8 Å². The van der Waals surface area contributed by atoms with Crippen molar-refractivity contribution in [3.8, 4) is 5.75 Å². The number of aryl methyl sites for hydroxylation is 1. The number of furan rings is 1. The molecule has 1 heterocycles. The van der Waals surface area contributed by atoms with Crippen LogP contribution in [-0.2, 0) is 17.6 Å². The van der Waals surface area contributed by atoms with Crippen LogP contribution in [0.2, 0.25) is 0 Å². The van der Waals surface area contributed by atoms with Crippen LogP contribution < -0.4 is 4.74 Å². The van der Waals surface area contributed by atoms with Crippen molar-refractivity contribution in [1.29, 1.82) is 0 Å². The zero-order valence-electron chi connectivity index (χ0n) is 16.2. The van der Waals surface area contributed by atoms with Gasteiger partial charge in [-0.2, -0.15) is 0 Å². The molecule has 0 aliphatic carbocycles. The molecule has 0 unspecified atom stereocenters. The number of hydrogen-bond acceptors (Lipinski definition) is 4. The average molecular weight is 346 g/mol. The minimum atomic E-state index is -0.369. The van der Waals surface area contributed by atoms with E-state index in [1.54, 1.807) is 14.0 Å². The van der Waals surface area contributed by atoms with Crippen LogP contribution >= 0.6 is 0 Å². The van der Waals surface area contributed by atoms with Gasteiger partial charge in [0.2, 0.25) is 0 Å². The van der Waals surface area contributed by atoms with E-state index < -0.39 is 0 Å². The summed E-state index contributed by atoms with van der Waals surface area (Å²) in [6, 6.07) is 5.80. The first-order chi connectivity index (χ1) is 11.6. The average Bonchev–Trinajstić information content (AvgIpc) is 2.88. The van der Waals surface area contributed by atoms with Crippen molar-refractivity contribution < 1.29 is 19.1 Å².